The third-order valence-corrected chi connectivity index (χ3v) is 4.12. The number of carbonyl (C=O) groups is 1. The summed E-state index contributed by atoms with van der Waals surface area (Å²) in [6, 6.07) is 11.7. The normalized spacial score (nSPS) is 11.5. The zero-order valence-electron chi connectivity index (χ0n) is 15.6. The Morgan fingerprint density at radius 2 is 1.81 bits per heavy atom. The lowest BCUT2D eigenvalue weighted by molar-refractivity contribution is -0.131. The number of nitrogens with zero attached hydrogens (tertiary/aromatic N) is 3. The van der Waals surface area contributed by atoms with Gasteiger partial charge in [0.05, 0.1) is 0 Å². The number of hydrogen-bond acceptors (Lipinski definition) is 4. The van der Waals surface area contributed by atoms with Crippen LogP contribution in [0.1, 0.15) is 38.8 Å². The summed E-state index contributed by atoms with van der Waals surface area (Å²) in [5, 5.41) is 9.13. The molecule has 0 unspecified atom stereocenters. The Kier molecular flexibility index (Phi) is 4.64. The minimum Gasteiger partial charge on any atom is -0.424 e. The molecule has 5 heteroatoms. The molecule has 0 spiro atoms. The summed E-state index contributed by atoms with van der Waals surface area (Å²) in [4.78, 5) is 13.3. The van der Waals surface area contributed by atoms with Crippen LogP contribution in [0.15, 0.2) is 49.1 Å². The van der Waals surface area contributed by atoms with Crippen molar-refractivity contribution in [2.24, 2.45) is 0 Å². The third kappa shape index (κ3) is 3.52. The summed E-state index contributed by atoms with van der Waals surface area (Å²) in [7, 11) is 0. The SMILES string of the molecule is C=CCc1cc(C(C)(C)C)cc(-n2nc3ccccc3n2)c1OC(C)=O. The standard InChI is InChI=1S/C21H23N3O2/c1-6-9-15-12-16(21(3,4)5)13-19(20(15)26-14(2)25)24-22-17-10-7-8-11-18(17)23-24/h6-8,10-13H,1,9H2,2-5H3. The molecular weight excluding hydrogens is 326 g/mol. The molecule has 5 nitrogen and oxygen atoms in total. The van der Waals surface area contributed by atoms with Crippen molar-refractivity contribution in [2.45, 2.75) is 39.5 Å². The molecule has 3 rings (SSSR count). The van der Waals surface area contributed by atoms with Crippen LogP contribution in [0.5, 0.6) is 5.75 Å². The van der Waals surface area contributed by atoms with Gasteiger partial charge in [-0.2, -0.15) is 0 Å². The molecule has 0 aliphatic heterocycles. The molecule has 1 aromatic heterocycles. The lowest BCUT2D eigenvalue weighted by atomic mass is 9.85. The fourth-order valence-corrected chi connectivity index (χ4v) is 2.79. The molecule has 0 amide bonds. The van der Waals surface area contributed by atoms with Gasteiger partial charge in [0.15, 0.2) is 5.75 Å². The van der Waals surface area contributed by atoms with E-state index >= 15 is 0 Å². The monoisotopic (exact) mass is 349 g/mol. The number of esters is 1. The number of fused-ring (bicyclic) bond motifs is 1. The molecule has 0 N–H and O–H groups in total. The van der Waals surface area contributed by atoms with Crippen molar-refractivity contribution in [3.05, 3.63) is 60.2 Å². The average molecular weight is 349 g/mol. The van der Waals surface area contributed by atoms with E-state index in [-0.39, 0.29) is 11.4 Å². The van der Waals surface area contributed by atoms with Crippen LogP contribution in [0.4, 0.5) is 0 Å². The van der Waals surface area contributed by atoms with E-state index in [9.17, 15) is 4.79 Å². The molecule has 2 aromatic carbocycles. The Hall–Kier alpha value is -2.95. The molecule has 0 saturated heterocycles. The largest absolute Gasteiger partial charge is 0.424 e. The van der Waals surface area contributed by atoms with E-state index in [1.54, 1.807) is 10.9 Å². The van der Waals surface area contributed by atoms with E-state index in [1.807, 2.05) is 30.3 Å². The van der Waals surface area contributed by atoms with Gasteiger partial charge >= 0.3 is 5.97 Å². The highest BCUT2D eigenvalue weighted by atomic mass is 16.5. The topological polar surface area (TPSA) is 57.0 Å². The molecule has 0 fully saturated rings. The van der Waals surface area contributed by atoms with Crippen LogP contribution in [0, 0.1) is 0 Å². The molecule has 26 heavy (non-hydrogen) atoms. The number of rotatable bonds is 4. The van der Waals surface area contributed by atoms with E-state index in [4.69, 9.17) is 4.74 Å². The highest BCUT2D eigenvalue weighted by Gasteiger charge is 2.22. The Balaban J connectivity index is 2.30. The first-order valence-electron chi connectivity index (χ1n) is 8.59. The highest BCUT2D eigenvalue weighted by molar-refractivity contribution is 5.75. The predicted octanol–water partition coefficient (Wildman–Crippen LogP) is 4.37. The number of allylic oxidation sites excluding steroid dienone is 1. The fraction of sp³-hybridized carbons (Fsp3) is 0.286. The van der Waals surface area contributed by atoms with Crippen LogP contribution in [-0.4, -0.2) is 21.0 Å². The molecule has 0 saturated carbocycles. The van der Waals surface area contributed by atoms with E-state index in [0.717, 1.165) is 22.2 Å². The van der Waals surface area contributed by atoms with Gasteiger partial charge in [0.25, 0.3) is 0 Å². The summed E-state index contributed by atoms with van der Waals surface area (Å²) in [5.74, 6) is 0.0995. The third-order valence-electron chi connectivity index (χ3n) is 4.12. The quantitative estimate of drug-likeness (QED) is 0.399. The second kappa shape index (κ2) is 6.75. The van der Waals surface area contributed by atoms with Gasteiger partial charge in [-0.25, -0.2) is 0 Å². The van der Waals surface area contributed by atoms with Gasteiger partial charge < -0.3 is 4.74 Å². The molecule has 3 aromatic rings. The summed E-state index contributed by atoms with van der Waals surface area (Å²) in [5.41, 5.74) is 4.15. The predicted molar refractivity (Wildman–Crippen MR) is 103 cm³/mol. The van der Waals surface area contributed by atoms with Gasteiger partial charge in [0.1, 0.15) is 16.7 Å². The average Bonchev–Trinajstić information content (AvgIpc) is 2.98. The van der Waals surface area contributed by atoms with E-state index < -0.39 is 0 Å². The summed E-state index contributed by atoms with van der Waals surface area (Å²) in [6.07, 6.45) is 2.38. The van der Waals surface area contributed by atoms with Gasteiger partial charge in [0.2, 0.25) is 0 Å². The maximum absolute atomic E-state index is 11.7. The van der Waals surface area contributed by atoms with Gasteiger partial charge in [-0.05, 0) is 35.6 Å². The minimum absolute atomic E-state index is 0.0774. The fourth-order valence-electron chi connectivity index (χ4n) is 2.79. The van der Waals surface area contributed by atoms with E-state index in [0.29, 0.717) is 17.9 Å². The summed E-state index contributed by atoms with van der Waals surface area (Å²) in [6.45, 7) is 11.6. The molecule has 134 valence electrons. The molecule has 0 bridgehead atoms. The first kappa shape index (κ1) is 17.9. The van der Waals surface area contributed by atoms with Crippen LogP contribution in [-0.2, 0) is 16.6 Å². The summed E-state index contributed by atoms with van der Waals surface area (Å²) < 4.78 is 5.56. The molecular formula is C21H23N3O2. The van der Waals surface area contributed by atoms with Gasteiger partial charge in [0, 0.05) is 12.5 Å². The van der Waals surface area contributed by atoms with Crippen molar-refractivity contribution < 1.29 is 9.53 Å². The first-order chi connectivity index (χ1) is 12.3. The van der Waals surface area contributed by atoms with Gasteiger partial charge in [-0.3, -0.25) is 4.79 Å². The van der Waals surface area contributed by atoms with E-state index in [2.05, 4.69) is 43.6 Å². The molecule has 0 atom stereocenters. The number of hydrogen-bond donors (Lipinski definition) is 0. The Bertz CT molecular complexity index is 948. The zero-order chi connectivity index (χ0) is 18.9. The Morgan fingerprint density at radius 3 is 2.31 bits per heavy atom. The molecule has 1 heterocycles. The van der Waals surface area contributed by atoms with Crippen molar-refractivity contribution in [3.63, 3.8) is 0 Å². The van der Waals surface area contributed by atoms with Crippen LogP contribution >= 0.6 is 0 Å². The number of carbonyl (C=O) groups excluding carboxylic acids is 1. The van der Waals surface area contributed by atoms with Crippen molar-refractivity contribution in [3.8, 4) is 11.4 Å². The van der Waals surface area contributed by atoms with Gasteiger partial charge in [-0.1, -0.05) is 45.0 Å². The Morgan fingerprint density at radius 1 is 1.19 bits per heavy atom. The second-order valence-electron chi connectivity index (χ2n) is 7.30. The zero-order valence-corrected chi connectivity index (χ0v) is 15.6. The minimum atomic E-state index is -0.378. The van der Waals surface area contributed by atoms with Crippen LogP contribution in [0.3, 0.4) is 0 Å². The van der Waals surface area contributed by atoms with Crippen molar-refractivity contribution in [1.29, 1.82) is 0 Å². The van der Waals surface area contributed by atoms with Crippen LogP contribution in [0.25, 0.3) is 16.7 Å². The molecule has 0 aliphatic rings. The lowest BCUT2D eigenvalue weighted by Gasteiger charge is -2.23. The maximum Gasteiger partial charge on any atom is 0.308 e. The first-order valence-corrected chi connectivity index (χ1v) is 8.59. The van der Waals surface area contributed by atoms with Crippen molar-refractivity contribution in [1.82, 2.24) is 15.0 Å². The van der Waals surface area contributed by atoms with E-state index in [1.165, 1.54) is 6.92 Å². The van der Waals surface area contributed by atoms with Crippen LogP contribution < -0.4 is 4.74 Å². The second-order valence-corrected chi connectivity index (χ2v) is 7.30. The number of aromatic nitrogens is 3. The summed E-state index contributed by atoms with van der Waals surface area (Å²) >= 11 is 0. The van der Waals surface area contributed by atoms with Gasteiger partial charge in [-0.15, -0.1) is 21.6 Å². The smallest absolute Gasteiger partial charge is 0.308 e. The lowest BCUT2D eigenvalue weighted by Crippen LogP contribution is -2.16. The van der Waals surface area contributed by atoms with Crippen molar-refractivity contribution >= 4 is 17.0 Å². The maximum atomic E-state index is 11.7. The number of benzene rings is 2. The Labute approximate surface area is 153 Å². The van der Waals surface area contributed by atoms with Crippen molar-refractivity contribution in [2.75, 3.05) is 0 Å². The molecule has 0 aliphatic carbocycles. The number of ether oxygens (including phenoxy) is 1. The van der Waals surface area contributed by atoms with Crippen LogP contribution in [0.2, 0.25) is 0 Å². The highest BCUT2D eigenvalue weighted by Crippen LogP contribution is 2.34. The molecule has 0 radical (unpaired) electrons.